The predicted octanol–water partition coefficient (Wildman–Crippen LogP) is -0.522. The lowest BCUT2D eigenvalue weighted by atomic mass is 10.3. The van der Waals surface area contributed by atoms with Gasteiger partial charge in [-0.3, -0.25) is 0 Å². The van der Waals surface area contributed by atoms with Crippen LogP contribution < -0.4 is 9.80 Å². The second-order valence-corrected chi connectivity index (χ2v) is 4.93. The number of alkyl halides is 3. The van der Waals surface area contributed by atoms with Gasteiger partial charge < -0.3 is 9.80 Å². The Morgan fingerprint density at radius 1 is 1.15 bits per heavy atom. The van der Waals surface area contributed by atoms with Gasteiger partial charge >= 0.3 is 6.18 Å². The lowest BCUT2D eigenvalue weighted by Crippen LogP contribution is -3.12. The molecule has 0 saturated carbocycles. The smallest absolute Gasteiger partial charge is 0.344 e. The molecule has 1 aliphatic rings. The van der Waals surface area contributed by atoms with Crippen molar-refractivity contribution in [2.24, 2.45) is 0 Å². The van der Waals surface area contributed by atoms with Crippen molar-refractivity contribution in [3.8, 4) is 0 Å². The van der Waals surface area contributed by atoms with E-state index in [0.717, 1.165) is 30.7 Å². The van der Waals surface area contributed by atoms with Gasteiger partial charge in [-0.1, -0.05) is 0 Å². The SMILES string of the molecule is C[NH+]1CCN(c2ccc3nnc(C(F)(F)F)n3n2)CC1. The summed E-state index contributed by atoms with van der Waals surface area (Å²) in [5, 5.41) is 10.7. The fourth-order valence-electron chi connectivity index (χ4n) is 2.24. The maximum absolute atomic E-state index is 12.8. The number of piperazine rings is 1. The van der Waals surface area contributed by atoms with E-state index in [1.807, 2.05) is 4.90 Å². The third-order valence-corrected chi connectivity index (χ3v) is 3.44. The molecule has 6 nitrogen and oxygen atoms in total. The number of nitrogens with one attached hydrogen (secondary N) is 1. The molecule has 0 radical (unpaired) electrons. The fraction of sp³-hybridized carbons (Fsp3) is 0.545. The minimum absolute atomic E-state index is 0.0980. The van der Waals surface area contributed by atoms with E-state index >= 15 is 0 Å². The van der Waals surface area contributed by atoms with E-state index in [-0.39, 0.29) is 5.65 Å². The third-order valence-electron chi connectivity index (χ3n) is 3.44. The van der Waals surface area contributed by atoms with Crippen LogP contribution in [0.4, 0.5) is 19.0 Å². The van der Waals surface area contributed by atoms with Gasteiger partial charge in [0.25, 0.3) is 5.82 Å². The first-order valence-electron chi connectivity index (χ1n) is 6.31. The highest BCUT2D eigenvalue weighted by Crippen LogP contribution is 2.27. The van der Waals surface area contributed by atoms with Crippen molar-refractivity contribution in [2.45, 2.75) is 6.18 Å². The molecule has 9 heteroatoms. The average molecular weight is 287 g/mol. The first-order chi connectivity index (χ1) is 9.45. The molecule has 1 aliphatic heterocycles. The highest BCUT2D eigenvalue weighted by molar-refractivity contribution is 5.46. The van der Waals surface area contributed by atoms with Crippen molar-refractivity contribution < 1.29 is 18.1 Å². The van der Waals surface area contributed by atoms with E-state index in [2.05, 4.69) is 22.3 Å². The van der Waals surface area contributed by atoms with Gasteiger partial charge in [0.05, 0.1) is 33.2 Å². The topological polar surface area (TPSA) is 50.8 Å². The van der Waals surface area contributed by atoms with Gasteiger partial charge in [-0.2, -0.15) is 17.7 Å². The molecule has 3 heterocycles. The molecule has 3 rings (SSSR count). The normalized spacial score (nSPS) is 17.9. The molecular formula is C11H14F3N6+. The van der Waals surface area contributed by atoms with Crippen LogP contribution in [0, 0.1) is 0 Å². The van der Waals surface area contributed by atoms with Crippen molar-refractivity contribution >= 4 is 11.5 Å². The van der Waals surface area contributed by atoms with Crippen LogP contribution in [-0.2, 0) is 6.18 Å². The number of likely N-dealkylation sites (N-methyl/N-ethyl adjacent to an activating group) is 1. The number of anilines is 1. The summed E-state index contributed by atoms with van der Waals surface area (Å²) in [4.78, 5) is 3.38. The van der Waals surface area contributed by atoms with Crippen LogP contribution >= 0.6 is 0 Å². The Labute approximate surface area is 112 Å². The standard InChI is InChI=1S/C11H13F3N6/c1-18-4-6-19(7-5-18)9-3-2-8-15-16-10(11(12,13)14)20(8)17-9/h2-3H,4-7H2,1H3/p+1. The van der Waals surface area contributed by atoms with Crippen LogP contribution in [0.3, 0.4) is 0 Å². The molecule has 20 heavy (non-hydrogen) atoms. The van der Waals surface area contributed by atoms with E-state index in [4.69, 9.17) is 0 Å². The minimum atomic E-state index is -4.56. The number of aromatic nitrogens is 4. The van der Waals surface area contributed by atoms with E-state index < -0.39 is 12.0 Å². The van der Waals surface area contributed by atoms with Crippen LogP contribution in [-0.4, -0.2) is 53.0 Å². The van der Waals surface area contributed by atoms with Crippen LogP contribution in [0.1, 0.15) is 5.82 Å². The molecule has 1 saturated heterocycles. The first-order valence-corrected chi connectivity index (χ1v) is 6.31. The maximum Gasteiger partial charge on any atom is 0.453 e. The van der Waals surface area contributed by atoms with Gasteiger partial charge in [0, 0.05) is 0 Å². The third kappa shape index (κ3) is 2.28. The van der Waals surface area contributed by atoms with Crippen molar-refractivity contribution in [2.75, 3.05) is 38.1 Å². The minimum Gasteiger partial charge on any atom is -0.344 e. The van der Waals surface area contributed by atoms with Crippen molar-refractivity contribution in [3.05, 3.63) is 18.0 Å². The summed E-state index contributed by atoms with van der Waals surface area (Å²) in [6.45, 7) is 3.42. The van der Waals surface area contributed by atoms with E-state index in [9.17, 15) is 13.2 Å². The molecule has 0 bridgehead atoms. The Morgan fingerprint density at radius 2 is 1.85 bits per heavy atom. The predicted molar refractivity (Wildman–Crippen MR) is 64.6 cm³/mol. The fourth-order valence-corrected chi connectivity index (χ4v) is 2.24. The number of fused-ring (bicyclic) bond motifs is 1. The number of hydrogen-bond donors (Lipinski definition) is 1. The molecule has 0 amide bonds. The van der Waals surface area contributed by atoms with Gasteiger partial charge in [0.15, 0.2) is 5.65 Å². The summed E-state index contributed by atoms with van der Waals surface area (Å²) >= 11 is 0. The molecule has 2 aromatic rings. The Bertz CT molecular complexity index is 614. The zero-order chi connectivity index (χ0) is 14.3. The van der Waals surface area contributed by atoms with Crippen LogP contribution in [0.25, 0.3) is 5.65 Å². The molecule has 108 valence electrons. The highest BCUT2D eigenvalue weighted by Gasteiger charge is 2.37. The Kier molecular flexibility index (Phi) is 3.00. The number of hydrogen-bond acceptors (Lipinski definition) is 4. The monoisotopic (exact) mass is 287 g/mol. The van der Waals surface area contributed by atoms with Crippen LogP contribution in [0.15, 0.2) is 12.1 Å². The summed E-state index contributed by atoms with van der Waals surface area (Å²) < 4.78 is 39.2. The Morgan fingerprint density at radius 3 is 2.50 bits per heavy atom. The number of nitrogens with zero attached hydrogens (tertiary/aromatic N) is 5. The summed E-state index contributed by atoms with van der Waals surface area (Å²) in [6.07, 6.45) is -4.56. The summed E-state index contributed by atoms with van der Waals surface area (Å²) in [5.41, 5.74) is 0.0980. The Hall–Kier alpha value is -1.90. The summed E-state index contributed by atoms with van der Waals surface area (Å²) in [6, 6.07) is 3.20. The largest absolute Gasteiger partial charge is 0.453 e. The number of halogens is 3. The molecule has 1 fully saturated rings. The lowest BCUT2D eigenvalue weighted by Gasteiger charge is -2.30. The molecule has 0 spiro atoms. The van der Waals surface area contributed by atoms with Crippen molar-refractivity contribution in [1.82, 2.24) is 19.8 Å². The van der Waals surface area contributed by atoms with Crippen molar-refractivity contribution in [1.29, 1.82) is 0 Å². The molecule has 0 atom stereocenters. The average Bonchev–Trinajstić information content (AvgIpc) is 2.82. The van der Waals surface area contributed by atoms with Gasteiger partial charge in [-0.25, -0.2) is 0 Å². The van der Waals surface area contributed by atoms with E-state index in [1.165, 1.54) is 11.0 Å². The van der Waals surface area contributed by atoms with Crippen LogP contribution in [0.5, 0.6) is 0 Å². The number of rotatable bonds is 1. The van der Waals surface area contributed by atoms with Gasteiger partial charge in [-0.05, 0) is 12.1 Å². The molecular weight excluding hydrogens is 273 g/mol. The van der Waals surface area contributed by atoms with E-state index in [1.54, 1.807) is 6.07 Å². The molecule has 0 aliphatic carbocycles. The lowest BCUT2D eigenvalue weighted by molar-refractivity contribution is -0.880. The van der Waals surface area contributed by atoms with Gasteiger partial charge in [0.1, 0.15) is 5.82 Å². The molecule has 1 N–H and O–H groups in total. The zero-order valence-corrected chi connectivity index (χ0v) is 10.9. The molecule has 0 aromatic carbocycles. The first kappa shape index (κ1) is 13.1. The highest BCUT2D eigenvalue weighted by atomic mass is 19.4. The van der Waals surface area contributed by atoms with Gasteiger partial charge in [0.2, 0.25) is 0 Å². The summed E-state index contributed by atoms with van der Waals surface area (Å²) in [7, 11) is 2.09. The quantitative estimate of drug-likeness (QED) is 0.767. The maximum atomic E-state index is 12.8. The van der Waals surface area contributed by atoms with E-state index in [0.29, 0.717) is 5.82 Å². The van der Waals surface area contributed by atoms with Gasteiger partial charge in [-0.15, -0.1) is 15.3 Å². The van der Waals surface area contributed by atoms with Crippen molar-refractivity contribution in [3.63, 3.8) is 0 Å². The molecule has 2 aromatic heterocycles. The second kappa shape index (κ2) is 4.58. The molecule has 0 unspecified atom stereocenters. The second-order valence-electron chi connectivity index (χ2n) is 4.93. The Balaban J connectivity index is 1.97. The zero-order valence-electron chi connectivity index (χ0n) is 10.9. The number of quaternary nitrogens is 1. The summed E-state index contributed by atoms with van der Waals surface area (Å²) in [5.74, 6) is -0.565. The van der Waals surface area contributed by atoms with Crippen LogP contribution in [0.2, 0.25) is 0 Å².